The van der Waals surface area contributed by atoms with Crippen molar-refractivity contribution in [2.45, 2.75) is 31.7 Å². The molecule has 2 heterocycles. The lowest BCUT2D eigenvalue weighted by Gasteiger charge is -2.26. The summed E-state index contributed by atoms with van der Waals surface area (Å²) in [5.74, 6) is -0.503. The van der Waals surface area contributed by atoms with E-state index in [0.717, 1.165) is 32.2 Å². The molecule has 0 spiro atoms. The third-order valence-electron chi connectivity index (χ3n) is 3.27. The van der Waals surface area contributed by atoms with Crippen LogP contribution in [-0.4, -0.2) is 45.3 Å². The van der Waals surface area contributed by atoms with E-state index >= 15 is 0 Å². The van der Waals surface area contributed by atoms with Gasteiger partial charge in [-0.3, -0.25) is 0 Å². The highest BCUT2D eigenvalue weighted by Gasteiger charge is 2.28. The Morgan fingerprint density at radius 1 is 1.56 bits per heavy atom. The largest absolute Gasteiger partial charge is 0.477 e. The van der Waals surface area contributed by atoms with Crippen LogP contribution in [0.25, 0.3) is 0 Å². The van der Waals surface area contributed by atoms with E-state index in [-0.39, 0.29) is 18.2 Å². The van der Waals surface area contributed by atoms with Crippen molar-refractivity contribution in [1.29, 1.82) is 0 Å². The second kappa shape index (κ2) is 5.77. The predicted octanol–water partition coefficient (Wildman–Crippen LogP) is 0.916. The molecular formula is C12H17N3O3. The van der Waals surface area contributed by atoms with Gasteiger partial charge < -0.3 is 15.1 Å². The third kappa shape index (κ3) is 2.59. The minimum absolute atomic E-state index is 0.147. The van der Waals surface area contributed by atoms with E-state index < -0.39 is 5.97 Å². The maximum Gasteiger partial charge on any atom is 0.341 e. The molecule has 6 heteroatoms. The first-order valence-corrected chi connectivity index (χ1v) is 6.15. The Kier molecular flexibility index (Phi) is 4.09. The molecule has 98 valence electrons. The van der Waals surface area contributed by atoms with E-state index in [4.69, 9.17) is 10.2 Å². The Bertz CT molecular complexity index is 425. The van der Waals surface area contributed by atoms with Crippen molar-refractivity contribution in [3.8, 4) is 0 Å². The SMILES string of the molecule is O=C(O)c1cncnc1N1CCCC1CCCO. The normalized spacial score (nSPS) is 19.2. The van der Waals surface area contributed by atoms with E-state index in [1.54, 1.807) is 0 Å². The molecule has 1 aromatic heterocycles. The summed E-state index contributed by atoms with van der Waals surface area (Å²) in [6.45, 7) is 0.979. The summed E-state index contributed by atoms with van der Waals surface area (Å²) in [5.41, 5.74) is 0.147. The Balaban J connectivity index is 2.21. The summed E-state index contributed by atoms with van der Waals surface area (Å²) in [7, 11) is 0. The number of hydrogen-bond donors (Lipinski definition) is 2. The molecule has 1 atom stereocenters. The fourth-order valence-electron chi connectivity index (χ4n) is 2.44. The zero-order valence-electron chi connectivity index (χ0n) is 10.1. The number of carboxylic acid groups (broad SMARTS) is 1. The number of aliphatic hydroxyl groups excluding tert-OH is 1. The van der Waals surface area contributed by atoms with Gasteiger partial charge in [-0.1, -0.05) is 0 Å². The van der Waals surface area contributed by atoms with Crippen LogP contribution in [0.5, 0.6) is 0 Å². The van der Waals surface area contributed by atoms with Crippen molar-refractivity contribution >= 4 is 11.8 Å². The highest BCUT2D eigenvalue weighted by atomic mass is 16.4. The van der Waals surface area contributed by atoms with Gasteiger partial charge in [0.1, 0.15) is 17.7 Å². The van der Waals surface area contributed by atoms with E-state index in [0.29, 0.717) is 5.82 Å². The van der Waals surface area contributed by atoms with Gasteiger partial charge in [-0.2, -0.15) is 0 Å². The maximum absolute atomic E-state index is 11.2. The zero-order valence-corrected chi connectivity index (χ0v) is 10.1. The van der Waals surface area contributed by atoms with E-state index in [1.807, 2.05) is 4.90 Å². The van der Waals surface area contributed by atoms with E-state index in [9.17, 15) is 4.79 Å². The number of aromatic nitrogens is 2. The van der Waals surface area contributed by atoms with Crippen LogP contribution in [0, 0.1) is 0 Å². The molecule has 1 aliphatic heterocycles. The Morgan fingerprint density at radius 3 is 3.11 bits per heavy atom. The van der Waals surface area contributed by atoms with Crippen molar-refractivity contribution in [2.24, 2.45) is 0 Å². The molecule has 2 rings (SSSR count). The fourth-order valence-corrected chi connectivity index (χ4v) is 2.44. The van der Waals surface area contributed by atoms with E-state index in [1.165, 1.54) is 12.5 Å². The van der Waals surface area contributed by atoms with Crippen LogP contribution in [0.2, 0.25) is 0 Å². The second-order valence-corrected chi connectivity index (χ2v) is 4.42. The number of aromatic carboxylic acids is 1. The molecule has 2 N–H and O–H groups in total. The first-order chi connectivity index (χ1) is 8.74. The van der Waals surface area contributed by atoms with E-state index in [2.05, 4.69) is 9.97 Å². The third-order valence-corrected chi connectivity index (χ3v) is 3.27. The Morgan fingerprint density at radius 2 is 2.39 bits per heavy atom. The lowest BCUT2D eigenvalue weighted by molar-refractivity contribution is 0.0696. The van der Waals surface area contributed by atoms with Crippen LogP contribution in [0.1, 0.15) is 36.0 Å². The number of anilines is 1. The minimum Gasteiger partial charge on any atom is -0.477 e. The average Bonchev–Trinajstić information content (AvgIpc) is 2.84. The molecule has 1 unspecified atom stereocenters. The van der Waals surface area contributed by atoms with Crippen LogP contribution >= 0.6 is 0 Å². The molecule has 0 aromatic carbocycles. The summed E-state index contributed by atoms with van der Waals surface area (Å²) >= 11 is 0. The Hall–Kier alpha value is -1.69. The summed E-state index contributed by atoms with van der Waals surface area (Å²) < 4.78 is 0. The standard InChI is InChI=1S/C12H17N3O3/c16-6-2-4-9-3-1-5-15(9)11-10(12(17)18)7-13-8-14-11/h7-9,16H,1-6H2,(H,17,18). The van der Waals surface area contributed by atoms with Crippen molar-refractivity contribution in [1.82, 2.24) is 9.97 Å². The van der Waals surface area contributed by atoms with Gasteiger partial charge >= 0.3 is 5.97 Å². The molecular weight excluding hydrogens is 234 g/mol. The second-order valence-electron chi connectivity index (χ2n) is 4.42. The molecule has 1 fully saturated rings. The molecule has 0 bridgehead atoms. The van der Waals surface area contributed by atoms with Crippen LogP contribution in [0.4, 0.5) is 5.82 Å². The lowest BCUT2D eigenvalue weighted by atomic mass is 10.1. The van der Waals surface area contributed by atoms with Gasteiger partial charge in [-0.05, 0) is 25.7 Å². The molecule has 0 aliphatic carbocycles. The molecule has 1 aliphatic rings. The first-order valence-electron chi connectivity index (χ1n) is 6.15. The fraction of sp³-hybridized carbons (Fsp3) is 0.583. The number of hydrogen-bond acceptors (Lipinski definition) is 5. The smallest absolute Gasteiger partial charge is 0.341 e. The van der Waals surface area contributed by atoms with Crippen molar-refractivity contribution in [3.05, 3.63) is 18.1 Å². The molecule has 18 heavy (non-hydrogen) atoms. The highest BCUT2D eigenvalue weighted by molar-refractivity contribution is 5.93. The molecule has 0 radical (unpaired) electrons. The maximum atomic E-state index is 11.2. The van der Waals surface area contributed by atoms with Gasteiger partial charge in [0.05, 0.1) is 0 Å². The molecule has 1 saturated heterocycles. The summed E-state index contributed by atoms with van der Waals surface area (Å²) in [6, 6.07) is 0.269. The van der Waals surface area contributed by atoms with Crippen molar-refractivity contribution < 1.29 is 15.0 Å². The summed E-state index contributed by atoms with van der Waals surface area (Å²) in [4.78, 5) is 21.1. The van der Waals surface area contributed by atoms with Crippen LogP contribution < -0.4 is 4.90 Å². The van der Waals surface area contributed by atoms with Crippen LogP contribution in [0.3, 0.4) is 0 Å². The predicted molar refractivity (Wildman–Crippen MR) is 65.7 cm³/mol. The van der Waals surface area contributed by atoms with Gasteiger partial charge in [0.15, 0.2) is 0 Å². The molecule has 0 amide bonds. The number of aliphatic hydroxyl groups is 1. The highest BCUT2D eigenvalue weighted by Crippen LogP contribution is 2.28. The average molecular weight is 251 g/mol. The quantitative estimate of drug-likeness (QED) is 0.809. The number of carboxylic acids is 1. The van der Waals surface area contributed by atoms with Crippen molar-refractivity contribution in [2.75, 3.05) is 18.1 Å². The van der Waals surface area contributed by atoms with Gasteiger partial charge in [0.25, 0.3) is 0 Å². The number of rotatable bonds is 5. The van der Waals surface area contributed by atoms with Crippen LogP contribution in [0.15, 0.2) is 12.5 Å². The van der Waals surface area contributed by atoms with Gasteiger partial charge in [0.2, 0.25) is 0 Å². The van der Waals surface area contributed by atoms with Gasteiger partial charge in [-0.15, -0.1) is 0 Å². The molecule has 1 aromatic rings. The summed E-state index contributed by atoms with van der Waals surface area (Å²) in [5, 5.41) is 18.0. The zero-order chi connectivity index (χ0) is 13.0. The van der Waals surface area contributed by atoms with Gasteiger partial charge in [0, 0.05) is 25.4 Å². The first kappa shape index (κ1) is 12.8. The number of nitrogens with zero attached hydrogens (tertiary/aromatic N) is 3. The molecule has 0 saturated carbocycles. The lowest BCUT2D eigenvalue weighted by Crippen LogP contribution is -2.31. The Labute approximate surface area is 105 Å². The topological polar surface area (TPSA) is 86.5 Å². The minimum atomic E-state index is -1.00. The molecule has 6 nitrogen and oxygen atoms in total. The van der Waals surface area contributed by atoms with Crippen LogP contribution in [-0.2, 0) is 0 Å². The van der Waals surface area contributed by atoms with Gasteiger partial charge in [-0.25, -0.2) is 14.8 Å². The number of carbonyl (C=O) groups is 1. The van der Waals surface area contributed by atoms with Crippen molar-refractivity contribution in [3.63, 3.8) is 0 Å². The summed E-state index contributed by atoms with van der Waals surface area (Å²) in [6.07, 6.45) is 6.35. The monoisotopic (exact) mass is 251 g/mol.